The quantitative estimate of drug-likeness (QED) is 0.309. The van der Waals surface area contributed by atoms with E-state index in [1.165, 1.54) is 6.07 Å². The number of urea groups is 1. The van der Waals surface area contributed by atoms with Crippen LogP contribution in [0.4, 0.5) is 21.9 Å². The van der Waals surface area contributed by atoms with Crippen molar-refractivity contribution >= 4 is 52.2 Å². The predicted molar refractivity (Wildman–Crippen MR) is 136 cm³/mol. The molecule has 1 N–H and O–H groups in total. The van der Waals surface area contributed by atoms with Gasteiger partial charge in [0.1, 0.15) is 0 Å². The third-order valence-electron chi connectivity index (χ3n) is 5.77. The van der Waals surface area contributed by atoms with Crippen molar-refractivity contribution in [3.63, 3.8) is 0 Å². The molecular formula is C25H22Cl2N4O4. The summed E-state index contributed by atoms with van der Waals surface area (Å²) in [5.41, 5.74) is 2.67. The van der Waals surface area contributed by atoms with Gasteiger partial charge < -0.3 is 10.2 Å². The zero-order valence-electron chi connectivity index (χ0n) is 18.8. The van der Waals surface area contributed by atoms with Crippen molar-refractivity contribution in [1.82, 2.24) is 4.90 Å². The highest BCUT2D eigenvalue weighted by Gasteiger charge is 2.27. The van der Waals surface area contributed by atoms with Crippen molar-refractivity contribution < 1.29 is 14.5 Å². The molecule has 0 bridgehead atoms. The van der Waals surface area contributed by atoms with Crippen LogP contribution in [0.25, 0.3) is 0 Å². The largest absolute Gasteiger partial charge is 0.324 e. The van der Waals surface area contributed by atoms with E-state index in [2.05, 4.69) is 5.32 Å². The Balaban J connectivity index is 1.43. The summed E-state index contributed by atoms with van der Waals surface area (Å²) in [6.07, 6.45) is 0.803. The predicted octanol–water partition coefficient (Wildman–Crippen LogP) is 6.29. The van der Waals surface area contributed by atoms with E-state index < -0.39 is 10.8 Å². The molecule has 0 radical (unpaired) electrons. The number of nitrogens with zero attached hydrogens (tertiary/aromatic N) is 3. The van der Waals surface area contributed by atoms with E-state index in [0.29, 0.717) is 46.6 Å². The Bertz CT molecular complexity index is 1300. The lowest BCUT2D eigenvalue weighted by Gasteiger charge is -2.35. The van der Waals surface area contributed by atoms with Gasteiger partial charge >= 0.3 is 6.03 Å². The number of benzene rings is 3. The minimum absolute atomic E-state index is 0.109. The fourth-order valence-corrected chi connectivity index (χ4v) is 4.22. The third kappa shape index (κ3) is 5.55. The van der Waals surface area contributed by atoms with Crippen LogP contribution in [0, 0.1) is 17.0 Å². The van der Waals surface area contributed by atoms with Crippen molar-refractivity contribution in [3.05, 3.63) is 97.5 Å². The number of carbonyl (C=O) groups is 2. The number of hydrogen-bond acceptors (Lipinski definition) is 4. The molecule has 0 spiro atoms. The van der Waals surface area contributed by atoms with E-state index >= 15 is 0 Å². The molecule has 1 aliphatic rings. The maximum absolute atomic E-state index is 13.1. The van der Waals surface area contributed by atoms with Crippen LogP contribution in [-0.4, -0.2) is 34.9 Å². The lowest BCUT2D eigenvalue weighted by molar-refractivity contribution is -0.385. The van der Waals surface area contributed by atoms with Gasteiger partial charge in [-0.1, -0.05) is 35.3 Å². The number of nitro benzene ring substituents is 1. The summed E-state index contributed by atoms with van der Waals surface area (Å²) in [6, 6.07) is 16.5. The van der Waals surface area contributed by atoms with Gasteiger partial charge in [-0.2, -0.15) is 0 Å². The molecule has 35 heavy (non-hydrogen) atoms. The molecule has 1 saturated heterocycles. The van der Waals surface area contributed by atoms with Gasteiger partial charge in [-0.3, -0.25) is 19.8 Å². The molecule has 0 saturated carbocycles. The first-order valence-corrected chi connectivity index (χ1v) is 11.7. The Kier molecular flexibility index (Phi) is 7.23. The number of aryl methyl sites for hydroxylation is 1. The van der Waals surface area contributed by atoms with Crippen molar-refractivity contribution in [2.75, 3.05) is 23.3 Å². The fourth-order valence-electron chi connectivity index (χ4n) is 3.90. The summed E-state index contributed by atoms with van der Waals surface area (Å²) in [5, 5.41) is 14.8. The molecule has 3 aromatic rings. The Hall–Kier alpha value is -3.62. The number of hydrogen-bond donors (Lipinski definition) is 1. The topological polar surface area (TPSA) is 95.8 Å². The lowest BCUT2D eigenvalue weighted by atomic mass is 10.1. The number of rotatable bonds is 6. The van der Waals surface area contributed by atoms with Crippen LogP contribution in [0.1, 0.15) is 27.9 Å². The summed E-state index contributed by atoms with van der Waals surface area (Å²) in [6.45, 7) is 3.25. The number of carbonyl (C=O) groups excluding carboxylic acids is 2. The summed E-state index contributed by atoms with van der Waals surface area (Å²) in [5.74, 6) is -0.456. The Labute approximate surface area is 212 Å². The monoisotopic (exact) mass is 512 g/mol. The highest BCUT2D eigenvalue weighted by molar-refractivity contribution is 6.42. The van der Waals surface area contributed by atoms with Gasteiger partial charge in [0.2, 0.25) is 0 Å². The molecule has 0 unspecified atom stereocenters. The molecule has 3 aromatic carbocycles. The summed E-state index contributed by atoms with van der Waals surface area (Å²) < 4.78 is 0. The Morgan fingerprint density at radius 2 is 1.77 bits per heavy atom. The van der Waals surface area contributed by atoms with Crippen molar-refractivity contribution in [2.24, 2.45) is 0 Å². The molecule has 4 rings (SSSR count). The van der Waals surface area contributed by atoms with Gasteiger partial charge in [0.15, 0.2) is 0 Å². The minimum atomic E-state index is -0.513. The molecule has 0 aliphatic carbocycles. The molecule has 0 atom stereocenters. The second kappa shape index (κ2) is 10.3. The van der Waals surface area contributed by atoms with Gasteiger partial charge in [0, 0.05) is 48.2 Å². The van der Waals surface area contributed by atoms with Crippen LogP contribution in [0.3, 0.4) is 0 Å². The van der Waals surface area contributed by atoms with Crippen molar-refractivity contribution in [1.29, 1.82) is 0 Å². The van der Waals surface area contributed by atoms with E-state index in [1.54, 1.807) is 65.3 Å². The van der Waals surface area contributed by atoms with Crippen LogP contribution < -0.4 is 10.2 Å². The zero-order chi connectivity index (χ0) is 25.1. The first-order valence-electron chi connectivity index (χ1n) is 10.9. The molecule has 180 valence electrons. The Morgan fingerprint density at radius 3 is 2.46 bits per heavy atom. The average molecular weight is 513 g/mol. The Morgan fingerprint density at radius 1 is 1.03 bits per heavy atom. The van der Waals surface area contributed by atoms with Gasteiger partial charge in [-0.05, 0) is 61.4 Å². The first-order chi connectivity index (χ1) is 16.7. The smallest absolute Gasteiger partial charge is 0.322 e. The summed E-state index contributed by atoms with van der Waals surface area (Å²) in [4.78, 5) is 39.8. The van der Waals surface area contributed by atoms with E-state index in [4.69, 9.17) is 23.2 Å². The minimum Gasteiger partial charge on any atom is -0.322 e. The van der Waals surface area contributed by atoms with Crippen LogP contribution in [0.5, 0.6) is 0 Å². The maximum atomic E-state index is 13.1. The zero-order valence-corrected chi connectivity index (χ0v) is 20.3. The van der Waals surface area contributed by atoms with Gasteiger partial charge in [-0.15, -0.1) is 0 Å². The molecule has 10 heteroatoms. The highest BCUT2D eigenvalue weighted by atomic mass is 35.5. The first kappa shape index (κ1) is 24.5. The second-order valence-electron chi connectivity index (χ2n) is 8.22. The second-order valence-corrected chi connectivity index (χ2v) is 9.03. The molecule has 1 aliphatic heterocycles. The highest BCUT2D eigenvalue weighted by Crippen LogP contribution is 2.27. The van der Waals surface area contributed by atoms with Crippen molar-refractivity contribution in [2.45, 2.75) is 19.9 Å². The van der Waals surface area contributed by atoms with Crippen LogP contribution >= 0.6 is 23.2 Å². The van der Waals surface area contributed by atoms with Crippen LogP contribution in [-0.2, 0) is 6.54 Å². The van der Waals surface area contributed by atoms with Crippen molar-refractivity contribution in [3.8, 4) is 0 Å². The van der Waals surface area contributed by atoms with E-state index in [0.717, 1.165) is 12.0 Å². The van der Waals surface area contributed by atoms with Gasteiger partial charge in [0.05, 0.1) is 15.0 Å². The number of nitrogens with one attached hydrogen (secondary N) is 1. The molecule has 8 nitrogen and oxygen atoms in total. The summed E-state index contributed by atoms with van der Waals surface area (Å²) >= 11 is 12.1. The number of amides is 3. The number of halogens is 2. The molecular weight excluding hydrogens is 491 g/mol. The van der Waals surface area contributed by atoms with Gasteiger partial charge in [0.25, 0.3) is 11.6 Å². The lowest BCUT2D eigenvalue weighted by Crippen LogP contribution is -2.49. The van der Waals surface area contributed by atoms with Crippen LogP contribution in [0.15, 0.2) is 60.7 Å². The fraction of sp³-hybridized carbons (Fsp3) is 0.200. The number of anilines is 2. The average Bonchev–Trinajstić information content (AvgIpc) is 2.83. The molecule has 1 fully saturated rings. The van der Waals surface area contributed by atoms with E-state index in [-0.39, 0.29) is 17.3 Å². The number of nitro groups is 1. The van der Waals surface area contributed by atoms with Gasteiger partial charge in [-0.25, -0.2) is 4.79 Å². The normalized spacial score (nSPS) is 13.6. The molecule has 3 amide bonds. The maximum Gasteiger partial charge on any atom is 0.324 e. The van der Waals surface area contributed by atoms with E-state index in [1.807, 2.05) is 6.07 Å². The van der Waals surface area contributed by atoms with E-state index in [9.17, 15) is 19.7 Å². The molecule has 1 heterocycles. The summed E-state index contributed by atoms with van der Waals surface area (Å²) in [7, 11) is 0. The molecule has 0 aromatic heterocycles. The SMILES string of the molecule is Cc1ccc(C(=O)Nc2ccc(N3CCCN(Cc4ccc(Cl)c(Cl)c4)C3=O)cc2)cc1[N+](=O)[O-]. The van der Waals surface area contributed by atoms with Crippen LogP contribution in [0.2, 0.25) is 10.0 Å². The third-order valence-corrected chi connectivity index (χ3v) is 6.51. The standard InChI is InChI=1S/C25H22Cl2N4O4/c1-16-3-5-18(14-23(16)31(34)35)24(32)28-19-6-8-20(9-7-19)30-12-2-11-29(25(30)33)15-17-4-10-21(26)22(27)13-17/h3-10,13-14H,2,11-12,15H2,1H3,(H,28,32).